The van der Waals surface area contributed by atoms with E-state index in [1.807, 2.05) is 31.2 Å². The number of carboxylic acids is 1. The van der Waals surface area contributed by atoms with Crippen molar-refractivity contribution in [1.82, 2.24) is 5.32 Å². The Morgan fingerprint density at radius 1 is 1.32 bits per heavy atom. The molecule has 0 heterocycles. The van der Waals surface area contributed by atoms with Crippen LogP contribution in [0.4, 0.5) is 0 Å². The first-order valence-electron chi connectivity index (χ1n) is 6.02. The number of hydrogen-bond acceptors (Lipinski definition) is 2. The van der Waals surface area contributed by atoms with Crippen LogP contribution < -0.4 is 5.32 Å². The van der Waals surface area contributed by atoms with Crippen molar-refractivity contribution in [3.63, 3.8) is 0 Å². The summed E-state index contributed by atoms with van der Waals surface area (Å²) in [6, 6.07) is 7.74. The Kier molecular flexibility index (Phi) is 5.11. The predicted molar refractivity (Wildman–Crippen MR) is 77.0 cm³/mol. The lowest BCUT2D eigenvalue weighted by Gasteiger charge is -2.22. The zero-order chi connectivity index (χ0) is 14.6. The average Bonchev–Trinajstić information content (AvgIpc) is 2.28. The van der Waals surface area contributed by atoms with Crippen molar-refractivity contribution in [2.24, 2.45) is 0 Å². The molecule has 1 atom stereocenters. The molecule has 4 nitrogen and oxygen atoms in total. The highest BCUT2D eigenvalue weighted by Gasteiger charge is 2.29. The number of rotatable bonds is 5. The summed E-state index contributed by atoms with van der Waals surface area (Å²) in [7, 11) is 0. The van der Waals surface area contributed by atoms with Crippen molar-refractivity contribution in [3.05, 3.63) is 34.3 Å². The monoisotopic (exact) mass is 327 g/mol. The molecule has 1 aromatic rings. The van der Waals surface area contributed by atoms with Crippen LogP contribution in [0.5, 0.6) is 0 Å². The maximum atomic E-state index is 11.8. The highest BCUT2D eigenvalue weighted by atomic mass is 79.9. The number of aliphatic carboxylic acids is 1. The van der Waals surface area contributed by atoms with Crippen LogP contribution in [0.15, 0.2) is 28.7 Å². The van der Waals surface area contributed by atoms with Crippen LogP contribution in [0.25, 0.3) is 0 Å². The Morgan fingerprint density at radius 2 is 1.84 bits per heavy atom. The molecule has 0 aromatic heterocycles. The second-order valence-electron chi connectivity index (χ2n) is 5.14. The van der Waals surface area contributed by atoms with Gasteiger partial charge in [0, 0.05) is 10.9 Å². The molecule has 1 amide bonds. The third kappa shape index (κ3) is 4.67. The molecule has 0 fully saturated rings. The van der Waals surface area contributed by atoms with Crippen LogP contribution in [0.1, 0.15) is 38.7 Å². The number of carbonyl (C=O) groups excluding carboxylic acids is 1. The molecule has 0 saturated carbocycles. The molecular weight excluding hydrogens is 310 g/mol. The average molecular weight is 328 g/mol. The van der Waals surface area contributed by atoms with Crippen molar-refractivity contribution >= 4 is 27.8 Å². The molecule has 0 saturated heterocycles. The number of carboxylic acid groups (broad SMARTS) is 1. The van der Waals surface area contributed by atoms with Crippen LogP contribution in [0, 0.1) is 0 Å². The number of benzene rings is 1. The summed E-state index contributed by atoms with van der Waals surface area (Å²) >= 11 is 3.36. The topological polar surface area (TPSA) is 66.4 Å². The quantitative estimate of drug-likeness (QED) is 0.873. The second kappa shape index (κ2) is 6.19. The first-order chi connectivity index (χ1) is 8.72. The lowest BCUT2D eigenvalue weighted by atomic mass is 9.96. The predicted octanol–water partition coefficient (Wildman–Crippen LogP) is 2.92. The van der Waals surface area contributed by atoms with E-state index in [0.717, 1.165) is 10.0 Å². The van der Waals surface area contributed by atoms with Crippen LogP contribution in [-0.4, -0.2) is 22.5 Å². The van der Waals surface area contributed by atoms with Gasteiger partial charge in [0.2, 0.25) is 5.91 Å². The van der Waals surface area contributed by atoms with Gasteiger partial charge in [-0.15, -0.1) is 0 Å². The van der Waals surface area contributed by atoms with E-state index < -0.39 is 11.5 Å². The van der Waals surface area contributed by atoms with E-state index in [2.05, 4.69) is 21.2 Å². The molecule has 104 valence electrons. The number of amides is 1. The van der Waals surface area contributed by atoms with Gasteiger partial charge in [0.15, 0.2) is 0 Å². The van der Waals surface area contributed by atoms with E-state index in [0.29, 0.717) is 0 Å². The van der Waals surface area contributed by atoms with Crippen molar-refractivity contribution in [1.29, 1.82) is 0 Å². The van der Waals surface area contributed by atoms with E-state index in [1.165, 1.54) is 13.8 Å². The van der Waals surface area contributed by atoms with Gasteiger partial charge in [0.1, 0.15) is 5.54 Å². The summed E-state index contributed by atoms with van der Waals surface area (Å²) in [5.74, 6) is -1.27. The molecule has 0 spiro atoms. The molecular formula is C14H18BrNO3. The zero-order valence-electron chi connectivity index (χ0n) is 11.2. The van der Waals surface area contributed by atoms with Crippen molar-refractivity contribution in [3.8, 4) is 0 Å². The van der Waals surface area contributed by atoms with E-state index in [1.54, 1.807) is 0 Å². The maximum Gasteiger partial charge on any atom is 0.328 e. The molecule has 0 aliphatic rings. The van der Waals surface area contributed by atoms with Crippen molar-refractivity contribution < 1.29 is 14.7 Å². The van der Waals surface area contributed by atoms with Gasteiger partial charge in [0.25, 0.3) is 0 Å². The van der Waals surface area contributed by atoms with Gasteiger partial charge >= 0.3 is 5.97 Å². The fourth-order valence-electron chi connectivity index (χ4n) is 1.64. The van der Waals surface area contributed by atoms with Crippen LogP contribution in [0.2, 0.25) is 0 Å². The van der Waals surface area contributed by atoms with Crippen LogP contribution in [0.3, 0.4) is 0 Å². The Labute approximate surface area is 121 Å². The van der Waals surface area contributed by atoms with Crippen LogP contribution in [-0.2, 0) is 9.59 Å². The number of carbonyl (C=O) groups is 2. The molecule has 19 heavy (non-hydrogen) atoms. The highest BCUT2D eigenvalue weighted by Crippen LogP contribution is 2.21. The Bertz CT molecular complexity index is 468. The van der Waals surface area contributed by atoms with E-state index >= 15 is 0 Å². The lowest BCUT2D eigenvalue weighted by Crippen LogP contribution is -2.49. The van der Waals surface area contributed by atoms with Gasteiger partial charge in [-0.05, 0) is 37.5 Å². The van der Waals surface area contributed by atoms with Crippen LogP contribution >= 0.6 is 15.9 Å². The summed E-state index contributed by atoms with van der Waals surface area (Å²) in [4.78, 5) is 22.8. The van der Waals surface area contributed by atoms with Gasteiger partial charge in [-0.25, -0.2) is 4.79 Å². The highest BCUT2D eigenvalue weighted by molar-refractivity contribution is 9.10. The molecule has 0 bridgehead atoms. The number of nitrogens with one attached hydrogen (secondary N) is 1. The lowest BCUT2D eigenvalue weighted by molar-refractivity contribution is -0.146. The minimum Gasteiger partial charge on any atom is -0.480 e. The first-order valence-corrected chi connectivity index (χ1v) is 6.81. The van der Waals surface area contributed by atoms with E-state index in [-0.39, 0.29) is 18.2 Å². The Hall–Kier alpha value is -1.36. The third-order valence-corrected chi connectivity index (χ3v) is 3.45. The smallest absolute Gasteiger partial charge is 0.328 e. The fraction of sp³-hybridized carbons (Fsp3) is 0.429. The fourth-order valence-corrected chi connectivity index (χ4v) is 1.90. The molecule has 0 radical (unpaired) electrons. The summed E-state index contributed by atoms with van der Waals surface area (Å²) in [5, 5.41) is 11.5. The molecule has 0 aliphatic carbocycles. The number of hydrogen-bond donors (Lipinski definition) is 2. The minimum atomic E-state index is -1.24. The molecule has 1 aromatic carbocycles. The maximum absolute atomic E-state index is 11.8. The summed E-state index contributed by atoms with van der Waals surface area (Å²) in [6.45, 7) is 4.88. The van der Waals surface area contributed by atoms with E-state index in [4.69, 9.17) is 5.11 Å². The summed E-state index contributed by atoms with van der Waals surface area (Å²) < 4.78 is 0.986. The molecule has 1 rings (SSSR count). The normalized spacial score (nSPS) is 12.8. The third-order valence-electron chi connectivity index (χ3n) is 2.92. The molecule has 0 aliphatic heterocycles. The van der Waals surface area contributed by atoms with Gasteiger partial charge in [0.05, 0.1) is 0 Å². The zero-order valence-corrected chi connectivity index (χ0v) is 12.8. The van der Waals surface area contributed by atoms with Gasteiger partial charge in [-0.3, -0.25) is 4.79 Å². The van der Waals surface area contributed by atoms with E-state index in [9.17, 15) is 9.59 Å². The van der Waals surface area contributed by atoms with Gasteiger partial charge in [-0.1, -0.05) is 35.0 Å². The summed E-state index contributed by atoms with van der Waals surface area (Å²) in [5.41, 5.74) is -0.192. The first kappa shape index (κ1) is 15.7. The minimum absolute atomic E-state index is 0.0395. The second-order valence-corrected chi connectivity index (χ2v) is 6.05. The van der Waals surface area contributed by atoms with Gasteiger partial charge in [-0.2, -0.15) is 0 Å². The standard InChI is InChI=1S/C14H18BrNO3/c1-9(10-4-6-11(15)7-5-10)8-12(17)16-14(2,3)13(18)19/h4-7,9H,8H2,1-3H3,(H,16,17)(H,18,19). The molecule has 1 unspecified atom stereocenters. The number of halogens is 1. The summed E-state index contributed by atoms with van der Waals surface area (Å²) in [6.07, 6.45) is 0.262. The Balaban J connectivity index is 2.62. The molecule has 2 N–H and O–H groups in total. The van der Waals surface area contributed by atoms with Crippen molar-refractivity contribution in [2.75, 3.05) is 0 Å². The largest absolute Gasteiger partial charge is 0.480 e. The SMILES string of the molecule is CC(CC(=O)NC(C)(C)C(=O)O)c1ccc(Br)cc1. The Morgan fingerprint density at radius 3 is 2.32 bits per heavy atom. The van der Waals surface area contributed by atoms with Gasteiger partial charge < -0.3 is 10.4 Å². The van der Waals surface area contributed by atoms with Crippen molar-refractivity contribution in [2.45, 2.75) is 38.6 Å². The molecule has 5 heteroatoms.